The van der Waals surface area contributed by atoms with Crippen molar-refractivity contribution >= 4 is 29.2 Å². The molecule has 0 atom stereocenters. The van der Waals surface area contributed by atoms with Gasteiger partial charge in [-0.2, -0.15) is 0 Å². The average Bonchev–Trinajstić information content (AvgIpc) is 2.75. The molecule has 2 aromatic rings. The summed E-state index contributed by atoms with van der Waals surface area (Å²) in [5.74, 6) is -0.818. The third-order valence-electron chi connectivity index (χ3n) is 4.17. The van der Waals surface area contributed by atoms with E-state index >= 15 is 0 Å². The second-order valence-corrected chi connectivity index (χ2v) is 6.99. The van der Waals surface area contributed by atoms with Gasteiger partial charge in [0.2, 0.25) is 17.7 Å². The lowest BCUT2D eigenvalue weighted by molar-refractivity contribution is -0.117. The number of rotatable bonds is 9. The molecule has 7 nitrogen and oxygen atoms in total. The van der Waals surface area contributed by atoms with Crippen molar-refractivity contribution in [2.45, 2.75) is 59.8 Å². The lowest BCUT2D eigenvalue weighted by Crippen LogP contribution is -2.14. The van der Waals surface area contributed by atoms with Crippen LogP contribution in [0.4, 0.5) is 5.69 Å². The third kappa shape index (κ3) is 13.0. The maximum Gasteiger partial charge on any atom is 0.248 e. The number of Topliss-reactive ketones (excluding diaryl/α,β-unsaturated/α-hetero) is 1. The van der Waals surface area contributed by atoms with Crippen molar-refractivity contribution in [3.8, 4) is 0 Å². The van der Waals surface area contributed by atoms with E-state index in [1.54, 1.807) is 43.3 Å². The number of hydrogen-bond donors (Lipinski definition) is 3. The fourth-order valence-corrected chi connectivity index (χ4v) is 2.61. The maximum absolute atomic E-state index is 11.7. The van der Waals surface area contributed by atoms with E-state index in [4.69, 9.17) is 11.5 Å². The minimum atomic E-state index is -0.523. The molecule has 0 aliphatic carbocycles. The Morgan fingerprint density at radius 2 is 1.31 bits per heavy atom. The van der Waals surface area contributed by atoms with Crippen LogP contribution < -0.4 is 16.8 Å². The van der Waals surface area contributed by atoms with Crippen molar-refractivity contribution in [2.24, 2.45) is 11.5 Å². The number of ketones is 1. The van der Waals surface area contributed by atoms with Crippen LogP contribution in [0.3, 0.4) is 0 Å². The number of amides is 3. The number of nitrogens with one attached hydrogen (secondary N) is 1. The summed E-state index contributed by atoms with van der Waals surface area (Å²) in [5, 5.41) is 2.72. The topological polar surface area (TPSA) is 132 Å². The number of unbranched alkanes of at least 4 members (excludes halogenated alkanes) is 2. The van der Waals surface area contributed by atoms with Crippen molar-refractivity contribution < 1.29 is 19.2 Å². The van der Waals surface area contributed by atoms with E-state index in [2.05, 4.69) is 5.32 Å². The van der Waals surface area contributed by atoms with E-state index in [0.29, 0.717) is 29.7 Å². The number of anilines is 1. The van der Waals surface area contributed by atoms with Crippen molar-refractivity contribution in [1.29, 1.82) is 0 Å². The molecule has 0 aliphatic rings. The molecular weight excluding hydrogens is 406 g/mol. The van der Waals surface area contributed by atoms with Gasteiger partial charge in [-0.25, -0.2) is 0 Å². The highest BCUT2D eigenvalue weighted by atomic mass is 16.2. The summed E-state index contributed by atoms with van der Waals surface area (Å²) in [6, 6.07) is 13.7. The molecular formula is C25H35N3O4. The summed E-state index contributed by atoms with van der Waals surface area (Å²) < 4.78 is 0. The second-order valence-electron chi connectivity index (χ2n) is 6.99. The highest BCUT2D eigenvalue weighted by Gasteiger charge is 2.05. The van der Waals surface area contributed by atoms with Gasteiger partial charge in [0.05, 0.1) is 0 Å². The predicted molar refractivity (Wildman–Crippen MR) is 128 cm³/mol. The van der Waals surface area contributed by atoms with Crippen LogP contribution in [0.15, 0.2) is 48.5 Å². The Bertz CT molecular complexity index is 894. The molecule has 7 heteroatoms. The lowest BCUT2D eigenvalue weighted by Gasteiger charge is -2.06. The predicted octanol–water partition coefficient (Wildman–Crippen LogP) is 4.38. The molecule has 2 rings (SSSR count). The van der Waals surface area contributed by atoms with Gasteiger partial charge in [-0.3, -0.25) is 14.4 Å². The first-order valence-corrected chi connectivity index (χ1v) is 10.7. The Hall–Kier alpha value is -3.48. The number of carbonyl (C=O) groups excluding carboxylic acids is 4. The molecule has 0 saturated heterocycles. The number of hydrogen-bond acceptors (Lipinski definition) is 4. The van der Waals surface area contributed by atoms with Gasteiger partial charge in [0.15, 0.2) is 0 Å². The van der Waals surface area contributed by atoms with E-state index in [1.165, 1.54) is 0 Å². The fourth-order valence-electron chi connectivity index (χ4n) is 2.61. The summed E-state index contributed by atoms with van der Waals surface area (Å²) in [6.45, 7) is 7.49. The molecule has 0 bridgehead atoms. The molecule has 0 spiro atoms. The fraction of sp³-hybridized carbons (Fsp3) is 0.360. The summed E-state index contributed by atoms with van der Waals surface area (Å²) in [5.41, 5.74) is 12.8. The third-order valence-corrected chi connectivity index (χ3v) is 4.17. The number of carbonyl (C=O) groups is 4. The SMILES string of the molecule is CC.CC(=O)CCCCCC(=O)Nc1cccc(C(N)=O)c1.Cc1cccc(C(N)=O)c1. The first-order valence-electron chi connectivity index (χ1n) is 10.7. The van der Waals surface area contributed by atoms with E-state index in [0.717, 1.165) is 24.8 Å². The highest BCUT2D eigenvalue weighted by Crippen LogP contribution is 2.12. The Morgan fingerprint density at radius 3 is 1.81 bits per heavy atom. The van der Waals surface area contributed by atoms with E-state index in [9.17, 15) is 19.2 Å². The van der Waals surface area contributed by atoms with Crippen LogP contribution in [0, 0.1) is 6.92 Å². The quantitative estimate of drug-likeness (QED) is 0.498. The van der Waals surface area contributed by atoms with Crippen LogP contribution >= 0.6 is 0 Å². The number of nitrogens with two attached hydrogens (primary N) is 2. The van der Waals surface area contributed by atoms with Gasteiger partial charge in [-0.1, -0.05) is 44.0 Å². The van der Waals surface area contributed by atoms with Crippen molar-refractivity contribution in [3.05, 3.63) is 65.2 Å². The molecule has 2 aromatic carbocycles. The lowest BCUT2D eigenvalue weighted by atomic mass is 10.1. The van der Waals surface area contributed by atoms with Gasteiger partial charge in [0, 0.05) is 29.7 Å². The van der Waals surface area contributed by atoms with Crippen molar-refractivity contribution in [2.75, 3.05) is 5.32 Å². The Kier molecular flexibility index (Phi) is 14.5. The molecule has 0 heterocycles. The molecule has 0 aromatic heterocycles. The first-order chi connectivity index (χ1) is 15.2. The largest absolute Gasteiger partial charge is 0.366 e. The molecule has 0 radical (unpaired) electrons. The van der Waals surface area contributed by atoms with Crippen LogP contribution in [0.1, 0.15) is 79.2 Å². The number of benzene rings is 2. The van der Waals surface area contributed by atoms with Crippen LogP contribution in [-0.2, 0) is 9.59 Å². The van der Waals surface area contributed by atoms with E-state index < -0.39 is 5.91 Å². The number of aryl methyl sites for hydroxylation is 1. The van der Waals surface area contributed by atoms with Gasteiger partial charge in [0.25, 0.3) is 0 Å². The second kappa shape index (κ2) is 16.2. The summed E-state index contributed by atoms with van der Waals surface area (Å²) in [7, 11) is 0. The van der Waals surface area contributed by atoms with Crippen LogP contribution in [0.2, 0.25) is 0 Å². The van der Waals surface area contributed by atoms with Crippen LogP contribution in [0.25, 0.3) is 0 Å². The minimum absolute atomic E-state index is 0.102. The van der Waals surface area contributed by atoms with E-state index in [-0.39, 0.29) is 17.6 Å². The minimum Gasteiger partial charge on any atom is -0.366 e. The Labute approximate surface area is 190 Å². The first kappa shape index (κ1) is 28.5. The molecule has 0 fully saturated rings. The van der Waals surface area contributed by atoms with Gasteiger partial charge in [-0.15, -0.1) is 0 Å². The van der Waals surface area contributed by atoms with Gasteiger partial charge < -0.3 is 21.6 Å². The molecule has 32 heavy (non-hydrogen) atoms. The van der Waals surface area contributed by atoms with E-state index in [1.807, 2.05) is 32.9 Å². The molecule has 0 saturated carbocycles. The van der Waals surface area contributed by atoms with Crippen LogP contribution in [0.5, 0.6) is 0 Å². The normalized spacial score (nSPS) is 9.38. The summed E-state index contributed by atoms with van der Waals surface area (Å²) in [4.78, 5) is 44.0. The zero-order valence-electron chi connectivity index (χ0n) is 19.4. The van der Waals surface area contributed by atoms with Gasteiger partial charge in [0.1, 0.15) is 5.78 Å². The van der Waals surface area contributed by atoms with Gasteiger partial charge >= 0.3 is 0 Å². The molecule has 174 valence electrons. The zero-order chi connectivity index (χ0) is 24.5. The monoisotopic (exact) mass is 441 g/mol. The zero-order valence-corrected chi connectivity index (χ0v) is 19.4. The van der Waals surface area contributed by atoms with Gasteiger partial charge in [-0.05, 0) is 57.0 Å². The summed E-state index contributed by atoms with van der Waals surface area (Å²) >= 11 is 0. The standard InChI is InChI=1S/C15H20N2O3.C8H9NO.C2H6/c1-11(18)6-3-2-4-9-14(19)17-13-8-5-7-12(10-13)15(16)20;1-6-3-2-4-7(5-6)8(9)10;1-2/h5,7-8,10H,2-4,6,9H2,1H3,(H2,16,20)(H,17,19);2-5H,1H3,(H2,9,10);1-2H3. The average molecular weight is 442 g/mol. The summed E-state index contributed by atoms with van der Waals surface area (Å²) in [6.07, 6.45) is 3.39. The maximum atomic E-state index is 11.7. The Balaban J connectivity index is 0.000000668. The van der Waals surface area contributed by atoms with Crippen LogP contribution in [-0.4, -0.2) is 23.5 Å². The smallest absolute Gasteiger partial charge is 0.248 e. The number of primary amides is 2. The van der Waals surface area contributed by atoms with Crippen molar-refractivity contribution in [3.63, 3.8) is 0 Å². The highest BCUT2D eigenvalue weighted by molar-refractivity contribution is 5.96. The molecule has 5 N–H and O–H groups in total. The molecule has 0 unspecified atom stereocenters. The molecule has 3 amide bonds. The molecule has 0 aliphatic heterocycles. The Morgan fingerprint density at radius 1 is 0.781 bits per heavy atom. The van der Waals surface area contributed by atoms with Crippen molar-refractivity contribution in [1.82, 2.24) is 0 Å².